The van der Waals surface area contributed by atoms with Crippen molar-refractivity contribution in [2.75, 3.05) is 11.9 Å². The maximum atomic E-state index is 11.5. The number of aromatic amines is 1. The van der Waals surface area contributed by atoms with Crippen LogP contribution in [0.5, 0.6) is 0 Å². The molecule has 0 saturated carbocycles. The van der Waals surface area contributed by atoms with E-state index >= 15 is 0 Å². The number of aromatic nitrogens is 2. The van der Waals surface area contributed by atoms with Crippen LogP contribution in [-0.2, 0) is 9.53 Å². The van der Waals surface area contributed by atoms with Gasteiger partial charge >= 0.3 is 5.97 Å². The van der Waals surface area contributed by atoms with Crippen molar-refractivity contribution in [3.8, 4) is 0 Å². The summed E-state index contributed by atoms with van der Waals surface area (Å²) in [5, 5.41) is 2.92. The molecule has 0 saturated heterocycles. The normalized spacial score (nSPS) is 11.5. The topological polar surface area (TPSA) is 67.0 Å². The summed E-state index contributed by atoms with van der Waals surface area (Å²) < 4.78 is 5.19. The van der Waals surface area contributed by atoms with Gasteiger partial charge in [-0.3, -0.25) is 4.79 Å². The van der Waals surface area contributed by atoms with Gasteiger partial charge < -0.3 is 15.0 Å². The van der Waals surface area contributed by atoms with E-state index in [1.165, 1.54) is 0 Å². The second-order valence-corrected chi connectivity index (χ2v) is 5.04. The Labute approximate surface area is 106 Å². The number of hydrogen-bond donors (Lipinski definition) is 2. The highest BCUT2D eigenvalue weighted by molar-refractivity contribution is 5.79. The maximum Gasteiger partial charge on any atom is 0.325 e. The van der Waals surface area contributed by atoms with Gasteiger partial charge in [-0.1, -0.05) is 12.1 Å². The second-order valence-electron chi connectivity index (χ2n) is 5.04. The predicted molar refractivity (Wildman–Crippen MR) is 70.4 cm³/mol. The van der Waals surface area contributed by atoms with Gasteiger partial charge in [-0.15, -0.1) is 0 Å². The van der Waals surface area contributed by atoms with E-state index in [1.807, 2.05) is 45.0 Å². The molecule has 0 spiro atoms. The molecule has 0 aliphatic rings. The van der Waals surface area contributed by atoms with E-state index < -0.39 is 5.60 Å². The van der Waals surface area contributed by atoms with Crippen molar-refractivity contribution >= 4 is 23.0 Å². The summed E-state index contributed by atoms with van der Waals surface area (Å²) in [7, 11) is 0. The van der Waals surface area contributed by atoms with Crippen LogP contribution in [0, 0.1) is 0 Å². The fourth-order valence-electron chi connectivity index (χ4n) is 1.57. The van der Waals surface area contributed by atoms with Gasteiger partial charge in [0.2, 0.25) is 5.95 Å². The molecule has 5 nitrogen and oxygen atoms in total. The first kappa shape index (κ1) is 12.4. The Bertz CT molecular complexity index is 522. The number of esters is 1. The second kappa shape index (κ2) is 4.68. The molecule has 2 rings (SSSR count). The summed E-state index contributed by atoms with van der Waals surface area (Å²) in [5.41, 5.74) is 1.33. The van der Waals surface area contributed by atoms with E-state index in [2.05, 4.69) is 15.3 Å². The molecule has 96 valence electrons. The van der Waals surface area contributed by atoms with Crippen LogP contribution in [0.25, 0.3) is 11.0 Å². The number of rotatable bonds is 3. The number of hydrogen-bond acceptors (Lipinski definition) is 4. The lowest BCUT2D eigenvalue weighted by molar-refractivity contribution is -0.152. The van der Waals surface area contributed by atoms with Crippen molar-refractivity contribution in [2.45, 2.75) is 26.4 Å². The first-order chi connectivity index (χ1) is 8.44. The smallest absolute Gasteiger partial charge is 0.325 e. The molecule has 5 heteroatoms. The van der Waals surface area contributed by atoms with E-state index in [1.54, 1.807) is 0 Å². The number of nitrogens with zero attached hydrogens (tertiary/aromatic N) is 1. The van der Waals surface area contributed by atoms with Crippen LogP contribution >= 0.6 is 0 Å². The Kier molecular flexibility index (Phi) is 3.23. The highest BCUT2D eigenvalue weighted by Crippen LogP contribution is 2.13. The zero-order valence-electron chi connectivity index (χ0n) is 10.8. The fraction of sp³-hybridized carbons (Fsp3) is 0.385. The number of anilines is 1. The lowest BCUT2D eigenvalue weighted by atomic mass is 10.2. The Morgan fingerprint density at radius 2 is 2.11 bits per heavy atom. The molecule has 0 aliphatic carbocycles. The van der Waals surface area contributed by atoms with Crippen molar-refractivity contribution in [3.63, 3.8) is 0 Å². The number of para-hydroxylation sites is 2. The van der Waals surface area contributed by atoms with Gasteiger partial charge in [0, 0.05) is 0 Å². The summed E-state index contributed by atoms with van der Waals surface area (Å²) in [4.78, 5) is 18.9. The van der Waals surface area contributed by atoms with E-state index in [9.17, 15) is 4.79 Å². The molecule has 2 N–H and O–H groups in total. The van der Waals surface area contributed by atoms with Crippen molar-refractivity contribution in [2.24, 2.45) is 0 Å². The number of carbonyl (C=O) groups excluding carboxylic acids is 1. The summed E-state index contributed by atoms with van der Waals surface area (Å²) in [6.45, 7) is 5.61. The highest BCUT2D eigenvalue weighted by atomic mass is 16.6. The quantitative estimate of drug-likeness (QED) is 0.817. The van der Waals surface area contributed by atoms with Crippen LogP contribution in [-0.4, -0.2) is 28.1 Å². The number of nitrogens with one attached hydrogen (secondary N) is 2. The maximum absolute atomic E-state index is 11.5. The third kappa shape index (κ3) is 3.23. The Balaban J connectivity index is 1.96. The molecule has 0 radical (unpaired) electrons. The number of carbonyl (C=O) groups is 1. The van der Waals surface area contributed by atoms with Crippen LogP contribution in [0.2, 0.25) is 0 Å². The fourth-order valence-corrected chi connectivity index (χ4v) is 1.57. The SMILES string of the molecule is CC(C)(C)OC(=O)CNc1nc2ccccc2[nH]1. The van der Waals surface area contributed by atoms with Gasteiger partial charge in [0.1, 0.15) is 12.1 Å². The number of H-pyrrole nitrogens is 1. The van der Waals surface area contributed by atoms with Crippen LogP contribution in [0.15, 0.2) is 24.3 Å². The molecule has 1 aromatic carbocycles. The van der Waals surface area contributed by atoms with E-state index in [4.69, 9.17) is 4.74 Å². The van der Waals surface area contributed by atoms with Gasteiger partial charge in [0.15, 0.2) is 0 Å². The van der Waals surface area contributed by atoms with Crippen molar-refractivity contribution in [3.05, 3.63) is 24.3 Å². The van der Waals surface area contributed by atoms with Crippen LogP contribution in [0.1, 0.15) is 20.8 Å². The van der Waals surface area contributed by atoms with Crippen LogP contribution in [0.4, 0.5) is 5.95 Å². The molecular weight excluding hydrogens is 230 g/mol. The molecule has 0 fully saturated rings. The summed E-state index contributed by atoms with van der Waals surface area (Å²) in [6.07, 6.45) is 0. The van der Waals surface area contributed by atoms with Crippen LogP contribution < -0.4 is 5.32 Å². The third-order valence-corrected chi connectivity index (χ3v) is 2.21. The largest absolute Gasteiger partial charge is 0.459 e. The van der Waals surface area contributed by atoms with Gasteiger partial charge in [0.05, 0.1) is 11.0 Å². The Hall–Kier alpha value is -2.04. The average molecular weight is 247 g/mol. The standard InChI is InChI=1S/C13H17N3O2/c1-13(2,3)18-11(17)8-14-12-15-9-6-4-5-7-10(9)16-12/h4-7H,8H2,1-3H3,(H2,14,15,16). The molecular formula is C13H17N3O2. The summed E-state index contributed by atoms with van der Waals surface area (Å²) >= 11 is 0. The molecule has 1 aromatic heterocycles. The number of benzene rings is 1. The predicted octanol–water partition coefficient (Wildman–Crippen LogP) is 2.32. The molecule has 0 atom stereocenters. The Morgan fingerprint density at radius 3 is 2.78 bits per heavy atom. The molecule has 0 aliphatic heterocycles. The lowest BCUT2D eigenvalue weighted by Gasteiger charge is -2.19. The number of imidazole rings is 1. The molecule has 2 aromatic rings. The molecule has 0 amide bonds. The number of fused-ring (bicyclic) bond motifs is 1. The monoisotopic (exact) mass is 247 g/mol. The summed E-state index contributed by atoms with van der Waals surface area (Å²) in [6, 6.07) is 7.68. The third-order valence-electron chi connectivity index (χ3n) is 2.21. The lowest BCUT2D eigenvalue weighted by Crippen LogP contribution is -2.28. The van der Waals surface area contributed by atoms with Crippen molar-refractivity contribution in [1.29, 1.82) is 0 Å². The zero-order valence-corrected chi connectivity index (χ0v) is 10.8. The van der Waals surface area contributed by atoms with Crippen LogP contribution in [0.3, 0.4) is 0 Å². The zero-order chi connectivity index (χ0) is 13.2. The van der Waals surface area contributed by atoms with E-state index in [0.717, 1.165) is 11.0 Å². The minimum Gasteiger partial charge on any atom is -0.459 e. The average Bonchev–Trinajstić information content (AvgIpc) is 2.66. The molecule has 18 heavy (non-hydrogen) atoms. The van der Waals surface area contributed by atoms with Gasteiger partial charge in [-0.2, -0.15) is 0 Å². The Morgan fingerprint density at radius 1 is 1.39 bits per heavy atom. The minimum absolute atomic E-state index is 0.0943. The first-order valence-corrected chi connectivity index (χ1v) is 5.84. The van der Waals surface area contributed by atoms with Crippen molar-refractivity contribution < 1.29 is 9.53 Å². The summed E-state index contributed by atoms with van der Waals surface area (Å²) in [5.74, 6) is 0.269. The molecule has 0 bridgehead atoms. The molecule has 1 heterocycles. The minimum atomic E-state index is -0.466. The van der Waals surface area contributed by atoms with Crippen molar-refractivity contribution in [1.82, 2.24) is 9.97 Å². The highest BCUT2D eigenvalue weighted by Gasteiger charge is 2.16. The molecule has 0 unspecified atom stereocenters. The van der Waals surface area contributed by atoms with Gasteiger partial charge in [0.25, 0.3) is 0 Å². The van der Waals surface area contributed by atoms with E-state index in [0.29, 0.717) is 5.95 Å². The first-order valence-electron chi connectivity index (χ1n) is 5.84. The van der Waals surface area contributed by atoms with E-state index in [-0.39, 0.29) is 12.5 Å². The van der Waals surface area contributed by atoms with Gasteiger partial charge in [-0.05, 0) is 32.9 Å². The van der Waals surface area contributed by atoms with Gasteiger partial charge in [-0.25, -0.2) is 4.98 Å². The number of ether oxygens (including phenoxy) is 1.